The first-order chi connectivity index (χ1) is 11.8. The largest absolute Gasteiger partial charge is 0.461 e. The highest BCUT2D eigenvalue weighted by Gasteiger charge is 2.10. The third-order valence-corrected chi connectivity index (χ3v) is 4.02. The van der Waals surface area contributed by atoms with Crippen LogP contribution in [0.25, 0.3) is 11.6 Å². The Morgan fingerprint density at radius 2 is 2.25 bits per heavy atom. The molecule has 2 rings (SSSR count). The third kappa shape index (κ3) is 5.40. The van der Waals surface area contributed by atoms with Crippen LogP contribution in [0, 0.1) is 5.92 Å². The number of aromatic nitrogens is 3. The minimum atomic E-state index is 0.527. The Balaban J connectivity index is 1.79. The van der Waals surface area contributed by atoms with Crippen molar-refractivity contribution in [3.05, 3.63) is 24.2 Å². The third-order valence-electron chi connectivity index (χ3n) is 4.02. The summed E-state index contributed by atoms with van der Waals surface area (Å²) in [5.41, 5.74) is 0. The molecule has 0 fully saturated rings. The van der Waals surface area contributed by atoms with E-state index in [4.69, 9.17) is 4.42 Å². The van der Waals surface area contributed by atoms with Crippen LogP contribution in [0.4, 0.5) is 0 Å². The number of guanidine groups is 1. The normalized spacial score (nSPS) is 13.0. The van der Waals surface area contributed by atoms with Gasteiger partial charge in [-0.3, -0.25) is 10.1 Å². The van der Waals surface area contributed by atoms with Gasteiger partial charge >= 0.3 is 0 Å². The number of hydrogen-bond donors (Lipinski definition) is 3. The predicted molar refractivity (Wildman–Crippen MR) is 95.6 cm³/mol. The molecule has 1 atom stereocenters. The molecule has 2 heterocycles. The number of unbranched alkanes of at least 4 members (excludes halogenated alkanes) is 1. The van der Waals surface area contributed by atoms with Crippen molar-refractivity contribution in [2.75, 3.05) is 13.6 Å². The highest BCUT2D eigenvalue weighted by molar-refractivity contribution is 5.79. The van der Waals surface area contributed by atoms with Crippen LogP contribution in [0.15, 0.2) is 27.8 Å². The Bertz CT molecular complexity index is 604. The summed E-state index contributed by atoms with van der Waals surface area (Å²) in [6, 6.07) is 3.65. The first-order valence-corrected chi connectivity index (χ1v) is 8.66. The smallest absolute Gasteiger partial charge is 0.216 e. The Morgan fingerprint density at radius 3 is 2.92 bits per heavy atom. The summed E-state index contributed by atoms with van der Waals surface area (Å²) in [5.74, 6) is 3.41. The number of aliphatic imine (C=N–C) groups is 1. The van der Waals surface area contributed by atoms with Gasteiger partial charge in [0.2, 0.25) is 5.82 Å². The van der Waals surface area contributed by atoms with Crippen molar-refractivity contribution >= 4 is 5.96 Å². The second-order valence-corrected chi connectivity index (χ2v) is 5.81. The summed E-state index contributed by atoms with van der Waals surface area (Å²) in [6.45, 7) is 5.93. The summed E-state index contributed by atoms with van der Waals surface area (Å²) in [7, 11) is 1.77. The lowest BCUT2D eigenvalue weighted by Crippen LogP contribution is -2.39. The fourth-order valence-electron chi connectivity index (χ4n) is 2.46. The molecule has 132 valence electrons. The van der Waals surface area contributed by atoms with E-state index < -0.39 is 0 Å². The van der Waals surface area contributed by atoms with Gasteiger partial charge in [-0.15, -0.1) is 5.10 Å². The van der Waals surface area contributed by atoms with Crippen LogP contribution >= 0.6 is 0 Å². The molecule has 2 aromatic rings. The maximum atomic E-state index is 5.29. The molecule has 2 aromatic heterocycles. The summed E-state index contributed by atoms with van der Waals surface area (Å²) in [5, 5.41) is 13.7. The molecule has 0 aromatic carbocycles. The zero-order chi connectivity index (χ0) is 17.2. The van der Waals surface area contributed by atoms with E-state index in [-0.39, 0.29) is 0 Å². The molecule has 0 saturated heterocycles. The first kappa shape index (κ1) is 18.0. The highest BCUT2D eigenvalue weighted by Crippen LogP contribution is 2.14. The second kappa shape index (κ2) is 9.75. The summed E-state index contributed by atoms with van der Waals surface area (Å²) < 4.78 is 5.29. The van der Waals surface area contributed by atoms with Gasteiger partial charge in [-0.1, -0.05) is 33.1 Å². The van der Waals surface area contributed by atoms with Gasteiger partial charge in [-0.2, -0.15) is 0 Å². The van der Waals surface area contributed by atoms with Crippen molar-refractivity contribution < 1.29 is 4.42 Å². The topological polar surface area (TPSA) is 91.1 Å². The molecule has 0 saturated carbocycles. The van der Waals surface area contributed by atoms with Crippen molar-refractivity contribution in [1.82, 2.24) is 25.8 Å². The molecule has 0 aliphatic heterocycles. The van der Waals surface area contributed by atoms with Crippen LogP contribution in [-0.4, -0.2) is 34.7 Å². The van der Waals surface area contributed by atoms with Gasteiger partial charge < -0.3 is 15.1 Å². The highest BCUT2D eigenvalue weighted by atomic mass is 16.3. The molecule has 0 spiro atoms. The minimum Gasteiger partial charge on any atom is -0.461 e. The average Bonchev–Trinajstić information content (AvgIpc) is 3.28. The van der Waals surface area contributed by atoms with E-state index in [1.54, 1.807) is 13.3 Å². The van der Waals surface area contributed by atoms with Crippen LogP contribution in [0.1, 0.15) is 45.4 Å². The van der Waals surface area contributed by atoms with Crippen LogP contribution in [0.2, 0.25) is 0 Å². The van der Waals surface area contributed by atoms with E-state index in [2.05, 4.69) is 44.7 Å². The Hall–Kier alpha value is -2.31. The molecule has 24 heavy (non-hydrogen) atoms. The van der Waals surface area contributed by atoms with Gasteiger partial charge in [0.15, 0.2) is 11.7 Å². The zero-order valence-electron chi connectivity index (χ0n) is 14.8. The van der Waals surface area contributed by atoms with E-state index in [9.17, 15) is 0 Å². The molecule has 0 amide bonds. The van der Waals surface area contributed by atoms with E-state index in [0.29, 0.717) is 24.0 Å². The summed E-state index contributed by atoms with van der Waals surface area (Å²) in [6.07, 6.45) is 6.56. The van der Waals surface area contributed by atoms with E-state index in [1.165, 1.54) is 25.7 Å². The fraction of sp³-hybridized carbons (Fsp3) is 0.588. The Morgan fingerprint density at radius 1 is 1.38 bits per heavy atom. The lowest BCUT2D eigenvalue weighted by molar-refractivity contribution is 0.443. The minimum absolute atomic E-state index is 0.527. The molecule has 0 bridgehead atoms. The number of furan rings is 1. The maximum Gasteiger partial charge on any atom is 0.216 e. The van der Waals surface area contributed by atoms with Crippen LogP contribution < -0.4 is 10.6 Å². The van der Waals surface area contributed by atoms with Crippen molar-refractivity contribution in [3.63, 3.8) is 0 Å². The van der Waals surface area contributed by atoms with Gasteiger partial charge in [-0.25, -0.2) is 4.98 Å². The Kier molecular flexibility index (Phi) is 7.32. The predicted octanol–water partition coefficient (Wildman–Crippen LogP) is 2.95. The number of hydrogen-bond acceptors (Lipinski definition) is 4. The van der Waals surface area contributed by atoms with Crippen LogP contribution in [0.3, 0.4) is 0 Å². The summed E-state index contributed by atoms with van der Waals surface area (Å²) in [4.78, 5) is 8.67. The fourth-order valence-corrected chi connectivity index (χ4v) is 2.46. The van der Waals surface area contributed by atoms with Crippen molar-refractivity contribution in [2.45, 2.75) is 46.1 Å². The van der Waals surface area contributed by atoms with Gasteiger partial charge in [0.1, 0.15) is 5.82 Å². The lowest BCUT2D eigenvalue weighted by Gasteiger charge is -2.17. The van der Waals surface area contributed by atoms with Gasteiger partial charge in [0.05, 0.1) is 12.8 Å². The van der Waals surface area contributed by atoms with Gasteiger partial charge in [0, 0.05) is 13.6 Å². The SMILES string of the molecule is CCCCC(CC)CNC(=NC)NCc1nc(-c2ccco2)n[nH]1. The standard InChI is InChI=1S/C17H28N6O/c1-4-6-8-13(5-2)11-19-17(18-3)20-12-15-21-16(23-22-15)14-9-7-10-24-14/h7,9-10,13H,4-6,8,11-12H2,1-3H3,(H2,18,19,20)(H,21,22,23). The molecule has 3 N–H and O–H groups in total. The van der Waals surface area contributed by atoms with Crippen LogP contribution in [-0.2, 0) is 6.54 Å². The molecule has 7 heteroatoms. The molecule has 0 aliphatic carbocycles. The Labute approximate surface area is 143 Å². The number of rotatable bonds is 9. The second-order valence-electron chi connectivity index (χ2n) is 5.81. The van der Waals surface area contributed by atoms with Crippen molar-refractivity contribution in [1.29, 1.82) is 0 Å². The molecular formula is C17H28N6O. The average molecular weight is 332 g/mol. The quantitative estimate of drug-likeness (QED) is 0.485. The van der Waals surface area contributed by atoms with E-state index in [1.807, 2.05) is 12.1 Å². The number of aromatic amines is 1. The number of H-pyrrole nitrogens is 1. The van der Waals surface area contributed by atoms with E-state index >= 15 is 0 Å². The zero-order valence-corrected chi connectivity index (χ0v) is 14.8. The summed E-state index contributed by atoms with van der Waals surface area (Å²) >= 11 is 0. The number of nitrogens with zero attached hydrogens (tertiary/aromatic N) is 3. The van der Waals surface area contributed by atoms with Crippen molar-refractivity contribution in [3.8, 4) is 11.6 Å². The molecule has 7 nitrogen and oxygen atoms in total. The van der Waals surface area contributed by atoms with Crippen molar-refractivity contribution in [2.24, 2.45) is 10.9 Å². The molecule has 0 aliphatic rings. The maximum absolute atomic E-state index is 5.29. The molecule has 1 unspecified atom stereocenters. The molecular weight excluding hydrogens is 304 g/mol. The first-order valence-electron chi connectivity index (χ1n) is 8.66. The van der Waals surface area contributed by atoms with Gasteiger partial charge in [0.25, 0.3) is 0 Å². The van der Waals surface area contributed by atoms with E-state index in [0.717, 1.165) is 18.3 Å². The molecule has 0 radical (unpaired) electrons. The van der Waals surface area contributed by atoms with Crippen LogP contribution in [0.5, 0.6) is 0 Å². The number of nitrogens with one attached hydrogen (secondary N) is 3. The lowest BCUT2D eigenvalue weighted by atomic mass is 9.99. The van der Waals surface area contributed by atoms with Gasteiger partial charge in [-0.05, 0) is 24.5 Å². The monoisotopic (exact) mass is 332 g/mol.